The lowest BCUT2D eigenvalue weighted by atomic mass is 9.94. The lowest BCUT2D eigenvalue weighted by Gasteiger charge is -2.33. The number of urea groups is 1. The fraction of sp³-hybridized carbons (Fsp3) is 0.333. The van der Waals surface area contributed by atoms with Gasteiger partial charge >= 0.3 is 12.0 Å². The maximum absolute atomic E-state index is 12.2. The van der Waals surface area contributed by atoms with Gasteiger partial charge in [-0.2, -0.15) is 0 Å². The Bertz CT molecular complexity index is 653. The Morgan fingerprint density at radius 1 is 1.41 bits per heavy atom. The zero-order valence-electron chi connectivity index (χ0n) is 12.6. The van der Waals surface area contributed by atoms with Crippen LogP contribution < -0.4 is 5.32 Å². The highest BCUT2D eigenvalue weighted by Gasteiger charge is 2.36. The number of carbonyl (C=O) groups excluding carboxylic acids is 2. The third-order valence-corrected chi connectivity index (χ3v) is 3.57. The van der Waals surface area contributed by atoms with Gasteiger partial charge in [0.1, 0.15) is 11.5 Å². The van der Waals surface area contributed by atoms with Crippen LogP contribution in [0.3, 0.4) is 0 Å². The van der Waals surface area contributed by atoms with E-state index in [2.05, 4.69) is 5.32 Å². The molecule has 0 aliphatic carbocycles. The molecule has 1 aliphatic rings. The molecule has 1 aliphatic heterocycles. The number of ether oxygens (including phenoxy) is 1. The van der Waals surface area contributed by atoms with Crippen molar-refractivity contribution in [2.75, 3.05) is 13.7 Å². The summed E-state index contributed by atoms with van der Waals surface area (Å²) in [6, 6.07) is 2.73. The molecular formula is C15H18N2O5. The number of hydrogen-bond donors (Lipinski definition) is 3. The fourth-order valence-corrected chi connectivity index (χ4v) is 2.32. The number of allylic oxidation sites excluding steroid dienone is 1. The van der Waals surface area contributed by atoms with Crippen molar-refractivity contribution in [2.45, 2.75) is 19.9 Å². The second-order valence-corrected chi connectivity index (χ2v) is 4.90. The molecule has 0 spiro atoms. The highest BCUT2D eigenvalue weighted by atomic mass is 16.5. The predicted molar refractivity (Wildman–Crippen MR) is 78.1 cm³/mol. The average Bonchev–Trinajstić information content (AvgIpc) is 2.44. The number of carbonyl (C=O) groups is 2. The largest absolute Gasteiger partial charge is 0.508 e. The van der Waals surface area contributed by atoms with Gasteiger partial charge in [-0.15, -0.1) is 0 Å². The van der Waals surface area contributed by atoms with Gasteiger partial charge in [-0.1, -0.05) is 0 Å². The summed E-state index contributed by atoms with van der Waals surface area (Å²) in [7, 11) is 1.54. The number of amides is 2. The number of benzene rings is 1. The molecule has 0 saturated heterocycles. The topological polar surface area (TPSA) is 99.1 Å². The molecular weight excluding hydrogens is 288 g/mol. The number of rotatable bonds is 3. The minimum atomic E-state index is -0.844. The van der Waals surface area contributed by atoms with Crippen molar-refractivity contribution in [1.82, 2.24) is 10.2 Å². The molecule has 0 aromatic heterocycles. The summed E-state index contributed by atoms with van der Waals surface area (Å²) in [6.45, 7) is 3.52. The van der Waals surface area contributed by atoms with Gasteiger partial charge in [-0.3, -0.25) is 0 Å². The van der Waals surface area contributed by atoms with Crippen molar-refractivity contribution in [3.63, 3.8) is 0 Å². The molecule has 0 saturated carbocycles. The van der Waals surface area contributed by atoms with Crippen LogP contribution in [0.2, 0.25) is 0 Å². The minimum Gasteiger partial charge on any atom is -0.508 e. The number of hydrogen-bond acceptors (Lipinski definition) is 5. The zero-order chi connectivity index (χ0) is 16.4. The third kappa shape index (κ3) is 2.69. The third-order valence-electron chi connectivity index (χ3n) is 3.57. The van der Waals surface area contributed by atoms with Crippen LogP contribution in [-0.4, -0.2) is 40.8 Å². The van der Waals surface area contributed by atoms with E-state index in [1.165, 1.54) is 24.1 Å². The molecule has 0 fully saturated rings. The zero-order valence-corrected chi connectivity index (χ0v) is 12.6. The van der Waals surface area contributed by atoms with E-state index >= 15 is 0 Å². The number of nitrogens with one attached hydrogen (secondary N) is 1. The quantitative estimate of drug-likeness (QED) is 0.737. The number of phenolic OH excluding ortho intramolecular Hbond substituents is 2. The van der Waals surface area contributed by atoms with Crippen LogP contribution in [0.5, 0.6) is 11.5 Å². The van der Waals surface area contributed by atoms with Crippen LogP contribution in [0, 0.1) is 0 Å². The monoisotopic (exact) mass is 306 g/mol. The lowest BCUT2D eigenvalue weighted by molar-refractivity contribution is -0.139. The van der Waals surface area contributed by atoms with Crippen molar-refractivity contribution in [1.29, 1.82) is 0 Å². The van der Waals surface area contributed by atoms with Gasteiger partial charge in [0.15, 0.2) is 0 Å². The molecule has 22 heavy (non-hydrogen) atoms. The van der Waals surface area contributed by atoms with E-state index in [-0.39, 0.29) is 23.7 Å². The number of aromatic hydroxyl groups is 2. The minimum absolute atomic E-state index is 0.112. The molecule has 1 atom stereocenters. The first-order valence-electron chi connectivity index (χ1n) is 6.80. The van der Waals surface area contributed by atoms with Crippen LogP contribution in [0.4, 0.5) is 4.79 Å². The van der Waals surface area contributed by atoms with Gasteiger partial charge in [0.25, 0.3) is 0 Å². The molecule has 0 bridgehead atoms. The lowest BCUT2D eigenvalue weighted by Crippen LogP contribution is -2.46. The Morgan fingerprint density at radius 3 is 2.68 bits per heavy atom. The molecule has 118 valence electrons. The van der Waals surface area contributed by atoms with E-state index in [4.69, 9.17) is 4.74 Å². The summed E-state index contributed by atoms with van der Waals surface area (Å²) in [5.74, 6) is -0.896. The number of phenols is 2. The molecule has 1 aromatic carbocycles. The van der Waals surface area contributed by atoms with Crippen LogP contribution >= 0.6 is 0 Å². The van der Waals surface area contributed by atoms with Crippen LogP contribution in [0.15, 0.2) is 29.5 Å². The first-order chi connectivity index (χ1) is 10.4. The van der Waals surface area contributed by atoms with Gasteiger partial charge in [0.05, 0.1) is 18.2 Å². The summed E-state index contributed by atoms with van der Waals surface area (Å²) in [6.07, 6.45) is 0. The molecule has 2 amide bonds. The Morgan fingerprint density at radius 2 is 2.09 bits per heavy atom. The summed E-state index contributed by atoms with van der Waals surface area (Å²) < 4.78 is 5.04. The van der Waals surface area contributed by atoms with Crippen molar-refractivity contribution in [3.8, 4) is 11.5 Å². The molecule has 3 N–H and O–H groups in total. The van der Waals surface area contributed by atoms with Crippen molar-refractivity contribution >= 4 is 12.0 Å². The van der Waals surface area contributed by atoms with E-state index in [0.717, 1.165) is 6.07 Å². The van der Waals surface area contributed by atoms with Gasteiger partial charge < -0.3 is 25.2 Å². The van der Waals surface area contributed by atoms with Gasteiger partial charge in [-0.05, 0) is 26.0 Å². The fourth-order valence-electron chi connectivity index (χ4n) is 2.32. The second kappa shape index (κ2) is 5.97. The SMILES string of the molecule is CCOC(=O)C1=C(C)N(C)C(=O)N[C@H]1c1ccc(O)cc1O. The summed E-state index contributed by atoms with van der Waals surface area (Å²) in [4.78, 5) is 25.5. The molecule has 0 unspecified atom stereocenters. The first-order valence-corrected chi connectivity index (χ1v) is 6.80. The standard InChI is InChI=1S/C15H18N2O5/c1-4-22-14(20)12-8(2)17(3)15(21)16-13(12)10-6-5-9(18)7-11(10)19/h5-7,13,18-19H,4H2,1-3H3,(H,16,21)/t13-/m0/s1. The smallest absolute Gasteiger partial charge is 0.338 e. The number of nitrogens with zero attached hydrogens (tertiary/aromatic N) is 1. The maximum atomic E-state index is 12.2. The van der Waals surface area contributed by atoms with E-state index in [9.17, 15) is 19.8 Å². The van der Waals surface area contributed by atoms with Crippen LogP contribution in [0.1, 0.15) is 25.5 Å². The van der Waals surface area contributed by atoms with Crippen LogP contribution in [0.25, 0.3) is 0 Å². The van der Waals surface area contributed by atoms with E-state index in [1.54, 1.807) is 13.8 Å². The van der Waals surface area contributed by atoms with Crippen LogP contribution in [-0.2, 0) is 9.53 Å². The Kier molecular flexibility index (Phi) is 4.25. The van der Waals surface area contributed by atoms with Gasteiger partial charge in [0.2, 0.25) is 0 Å². The predicted octanol–water partition coefficient (Wildman–Crippen LogP) is 1.63. The van der Waals surface area contributed by atoms with E-state index in [1.807, 2.05) is 0 Å². The molecule has 1 heterocycles. The molecule has 2 rings (SSSR count). The van der Waals surface area contributed by atoms with E-state index < -0.39 is 18.0 Å². The van der Waals surface area contributed by atoms with E-state index in [0.29, 0.717) is 11.3 Å². The Labute approximate surface area is 127 Å². The Balaban J connectivity index is 2.55. The van der Waals surface area contributed by atoms with Gasteiger partial charge in [-0.25, -0.2) is 9.59 Å². The first kappa shape index (κ1) is 15.7. The summed E-state index contributed by atoms with van der Waals surface area (Å²) in [5.41, 5.74) is 0.992. The van der Waals surface area contributed by atoms with Crippen molar-refractivity contribution < 1.29 is 24.5 Å². The normalized spacial score (nSPS) is 18.2. The molecule has 1 aromatic rings. The van der Waals surface area contributed by atoms with Crippen molar-refractivity contribution in [2.24, 2.45) is 0 Å². The van der Waals surface area contributed by atoms with Crippen molar-refractivity contribution in [3.05, 3.63) is 35.0 Å². The maximum Gasteiger partial charge on any atom is 0.338 e. The molecule has 7 nitrogen and oxygen atoms in total. The molecule has 7 heteroatoms. The average molecular weight is 306 g/mol. The second-order valence-electron chi connectivity index (χ2n) is 4.90. The molecule has 0 radical (unpaired) electrons. The summed E-state index contributed by atoms with van der Waals surface area (Å²) >= 11 is 0. The summed E-state index contributed by atoms with van der Waals surface area (Å²) in [5, 5.41) is 22.0. The highest BCUT2D eigenvalue weighted by molar-refractivity contribution is 5.95. The number of esters is 1. The Hall–Kier alpha value is -2.70. The highest BCUT2D eigenvalue weighted by Crippen LogP contribution is 2.36. The van der Waals surface area contributed by atoms with Gasteiger partial charge in [0, 0.05) is 24.4 Å².